The summed E-state index contributed by atoms with van der Waals surface area (Å²) in [6, 6.07) is 8.73. The number of carbonyl (C=O) groups is 1. The first kappa shape index (κ1) is 17.2. The van der Waals surface area contributed by atoms with Gasteiger partial charge in [-0.05, 0) is 37.3 Å². The van der Waals surface area contributed by atoms with Crippen LogP contribution >= 0.6 is 11.6 Å². The topological polar surface area (TPSA) is 95.9 Å². The van der Waals surface area contributed by atoms with Crippen LogP contribution in [-0.4, -0.2) is 30.9 Å². The Morgan fingerprint density at radius 2 is 2.07 bits per heavy atom. The molecule has 0 amide bonds. The summed E-state index contributed by atoms with van der Waals surface area (Å²) in [5, 5.41) is 9.58. The number of halogens is 1. The molecular weight excluding hydrogens is 370 g/mol. The highest BCUT2D eigenvalue weighted by atomic mass is 35.5. The minimum absolute atomic E-state index is 0.135. The van der Waals surface area contributed by atoms with Crippen molar-refractivity contribution < 1.29 is 14.1 Å². The number of ether oxygens (including phenoxy) is 1. The van der Waals surface area contributed by atoms with Crippen molar-refractivity contribution in [2.24, 2.45) is 7.05 Å². The van der Waals surface area contributed by atoms with Gasteiger partial charge in [0.1, 0.15) is 0 Å². The second-order valence-corrected chi connectivity index (χ2v) is 6.34. The minimum atomic E-state index is -0.529. The lowest BCUT2D eigenvalue weighted by Gasteiger charge is -2.02. The molecule has 0 saturated heterocycles. The summed E-state index contributed by atoms with van der Waals surface area (Å²) in [7, 11) is 1.80. The first-order chi connectivity index (χ1) is 13.0. The highest BCUT2D eigenvalue weighted by Crippen LogP contribution is 2.20. The molecule has 0 spiro atoms. The van der Waals surface area contributed by atoms with E-state index in [1.165, 1.54) is 6.20 Å². The normalized spacial score (nSPS) is 11.1. The van der Waals surface area contributed by atoms with E-state index in [0.29, 0.717) is 22.1 Å². The maximum atomic E-state index is 12.3. The van der Waals surface area contributed by atoms with E-state index in [9.17, 15) is 4.79 Å². The molecule has 0 aliphatic rings. The molecule has 0 fully saturated rings. The Morgan fingerprint density at radius 3 is 2.85 bits per heavy atom. The van der Waals surface area contributed by atoms with Gasteiger partial charge in [-0.1, -0.05) is 16.8 Å². The molecule has 0 bridgehead atoms. The highest BCUT2D eigenvalue weighted by Gasteiger charge is 2.15. The summed E-state index contributed by atoms with van der Waals surface area (Å²) in [6.07, 6.45) is 1.46. The third-order valence-electron chi connectivity index (χ3n) is 4.00. The predicted molar refractivity (Wildman–Crippen MR) is 97.1 cm³/mol. The van der Waals surface area contributed by atoms with E-state index in [1.54, 1.807) is 42.1 Å². The first-order valence-corrected chi connectivity index (χ1v) is 8.44. The molecule has 3 heterocycles. The highest BCUT2D eigenvalue weighted by molar-refractivity contribution is 6.30. The monoisotopic (exact) mass is 383 g/mol. The summed E-state index contributed by atoms with van der Waals surface area (Å²) in [5.74, 6) is 0.0607. The van der Waals surface area contributed by atoms with Gasteiger partial charge < -0.3 is 9.26 Å². The van der Waals surface area contributed by atoms with Gasteiger partial charge in [0.2, 0.25) is 5.82 Å². The summed E-state index contributed by atoms with van der Waals surface area (Å²) < 4.78 is 12.0. The van der Waals surface area contributed by atoms with Crippen LogP contribution in [0.4, 0.5) is 0 Å². The van der Waals surface area contributed by atoms with Gasteiger partial charge in [0.25, 0.3) is 5.89 Å². The third kappa shape index (κ3) is 3.39. The Labute approximate surface area is 158 Å². The summed E-state index contributed by atoms with van der Waals surface area (Å²) in [4.78, 5) is 20.8. The van der Waals surface area contributed by atoms with Crippen LogP contribution in [0.5, 0.6) is 0 Å². The Bertz CT molecular complexity index is 1130. The summed E-state index contributed by atoms with van der Waals surface area (Å²) in [6.45, 7) is 1.72. The van der Waals surface area contributed by atoms with Gasteiger partial charge in [-0.3, -0.25) is 4.68 Å². The Balaban J connectivity index is 1.46. The molecule has 0 aliphatic heterocycles. The van der Waals surface area contributed by atoms with E-state index in [4.69, 9.17) is 20.9 Å². The number of nitrogens with zero attached hydrogens (tertiary/aromatic N) is 5. The number of aromatic nitrogens is 5. The lowest BCUT2D eigenvalue weighted by molar-refractivity contribution is 0.0429. The number of carbonyl (C=O) groups excluding carboxylic acids is 1. The van der Waals surface area contributed by atoms with Crippen molar-refractivity contribution >= 4 is 28.6 Å². The fraction of sp³-hybridized carbons (Fsp3) is 0.167. The van der Waals surface area contributed by atoms with Crippen molar-refractivity contribution in [2.45, 2.75) is 13.5 Å². The lowest BCUT2D eigenvalue weighted by atomic mass is 10.2. The second kappa shape index (κ2) is 6.81. The SMILES string of the molecule is Cc1nn(C)c2ncc(C(=O)OCc3nc(-c4ccc(Cl)cc4)no3)cc12. The average molecular weight is 384 g/mol. The van der Waals surface area contributed by atoms with Gasteiger partial charge in [-0.2, -0.15) is 10.1 Å². The number of aryl methyl sites for hydroxylation is 2. The Hall–Kier alpha value is -3.26. The Kier molecular flexibility index (Phi) is 4.33. The molecule has 0 atom stereocenters. The zero-order chi connectivity index (χ0) is 19.0. The number of hydrogen-bond acceptors (Lipinski definition) is 7. The summed E-state index contributed by atoms with van der Waals surface area (Å²) >= 11 is 5.86. The smallest absolute Gasteiger partial charge is 0.340 e. The van der Waals surface area contributed by atoms with Gasteiger partial charge in [0.15, 0.2) is 12.3 Å². The van der Waals surface area contributed by atoms with Crippen LogP contribution in [0.1, 0.15) is 21.9 Å². The average Bonchev–Trinajstić information content (AvgIpc) is 3.25. The molecule has 27 heavy (non-hydrogen) atoms. The molecule has 1 aromatic carbocycles. The van der Waals surface area contributed by atoms with Gasteiger partial charge >= 0.3 is 5.97 Å². The van der Waals surface area contributed by atoms with Crippen LogP contribution in [0.15, 0.2) is 41.1 Å². The van der Waals surface area contributed by atoms with Gasteiger partial charge in [0, 0.05) is 29.2 Å². The molecule has 0 unspecified atom stereocenters. The fourth-order valence-electron chi connectivity index (χ4n) is 2.66. The molecule has 0 radical (unpaired) electrons. The molecular formula is C18H14ClN5O3. The molecule has 8 nitrogen and oxygen atoms in total. The van der Waals surface area contributed by atoms with Gasteiger partial charge in [-0.15, -0.1) is 0 Å². The van der Waals surface area contributed by atoms with Crippen LogP contribution in [0.3, 0.4) is 0 Å². The van der Waals surface area contributed by atoms with Crippen molar-refractivity contribution in [3.8, 4) is 11.4 Å². The molecule has 136 valence electrons. The molecule has 0 saturated carbocycles. The van der Waals surface area contributed by atoms with Crippen molar-refractivity contribution in [1.82, 2.24) is 24.9 Å². The van der Waals surface area contributed by atoms with Crippen LogP contribution in [0.2, 0.25) is 5.02 Å². The van der Waals surface area contributed by atoms with E-state index in [2.05, 4.69) is 20.2 Å². The number of benzene rings is 1. The number of hydrogen-bond donors (Lipinski definition) is 0. The van der Waals surface area contributed by atoms with E-state index in [0.717, 1.165) is 16.6 Å². The standard InChI is InChI=1S/C18H14ClN5O3/c1-10-14-7-12(8-20-17(14)24(2)22-10)18(25)26-9-15-21-16(23-27-15)11-3-5-13(19)6-4-11/h3-8H,9H2,1-2H3. The van der Waals surface area contributed by atoms with Crippen LogP contribution in [-0.2, 0) is 18.4 Å². The molecule has 4 aromatic rings. The number of rotatable bonds is 4. The van der Waals surface area contributed by atoms with Crippen LogP contribution in [0.25, 0.3) is 22.4 Å². The van der Waals surface area contributed by atoms with Crippen molar-refractivity contribution in [2.75, 3.05) is 0 Å². The molecule has 9 heteroatoms. The second-order valence-electron chi connectivity index (χ2n) is 5.90. The number of fused-ring (bicyclic) bond motifs is 1. The largest absolute Gasteiger partial charge is 0.452 e. The maximum Gasteiger partial charge on any atom is 0.340 e. The van der Waals surface area contributed by atoms with Crippen molar-refractivity contribution in [1.29, 1.82) is 0 Å². The minimum Gasteiger partial charge on any atom is -0.452 e. The zero-order valence-corrected chi connectivity index (χ0v) is 15.3. The Morgan fingerprint density at radius 1 is 1.30 bits per heavy atom. The molecule has 3 aromatic heterocycles. The molecule has 4 rings (SSSR count). The van der Waals surface area contributed by atoms with Crippen molar-refractivity contribution in [3.05, 3.63) is 58.7 Å². The maximum absolute atomic E-state index is 12.3. The number of esters is 1. The lowest BCUT2D eigenvalue weighted by Crippen LogP contribution is -2.06. The molecule has 0 aliphatic carbocycles. The van der Waals surface area contributed by atoms with E-state index in [1.807, 2.05) is 6.92 Å². The van der Waals surface area contributed by atoms with Crippen LogP contribution in [0, 0.1) is 6.92 Å². The fourth-order valence-corrected chi connectivity index (χ4v) is 2.79. The van der Waals surface area contributed by atoms with E-state index >= 15 is 0 Å². The zero-order valence-electron chi connectivity index (χ0n) is 14.5. The van der Waals surface area contributed by atoms with Gasteiger partial charge in [-0.25, -0.2) is 9.78 Å². The van der Waals surface area contributed by atoms with Gasteiger partial charge in [0.05, 0.1) is 11.3 Å². The predicted octanol–water partition coefficient (Wildman–Crippen LogP) is 3.34. The summed E-state index contributed by atoms with van der Waals surface area (Å²) in [5.41, 5.74) is 2.58. The van der Waals surface area contributed by atoms with E-state index < -0.39 is 5.97 Å². The quantitative estimate of drug-likeness (QED) is 0.498. The molecule has 0 N–H and O–H groups in total. The first-order valence-electron chi connectivity index (χ1n) is 8.06. The van der Waals surface area contributed by atoms with Crippen molar-refractivity contribution in [3.63, 3.8) is 0 Å². The van der Waals surface area contributed by atoms with Crippen LogP contribution < -0.4 is 0 Å². The number of pyridine rings is 1. The van der Waals surface area contributed by atoms with E-state index in [-0.39, 0.29) is 12.5 Å². The third-order valence-corrected chi connectivity index (χ3v) is 4.25.